The zero-order chi connectivity index (χ0) is 9.38. The average molecular weight is 187 g/mol. The maximum absolute atomic E-state index is 3.42. The first-order chi connectivity index (χ1) is 6.93. The molecule has 0 amide bonds. The zero-order valence-electron chi connectivity index (χ0n) is 8.50. The van der Waals surface area contributed by atoms with Crippen LogP contribution in [-0.2, 0) is 0 Å². The van der Waals surface area contributed by atoms with Crippen molar-refractivity contribution >= 4 is 0 Å². The van der Waals surface area contributed by atoms with Crippen LogP contribution < -0.4 is 5.32 Å². The van der Waals surface area contributed by atoms with Crippen molar-refractivity contribution in [3.05, 3.63) is 35.4 Å². The van der Waals surface area contributed by atoms with Crippen LogP contribution in [0, 0.1) is 0 Å². The highest BCUT2D eigenvalue weighted by atomic mass is 14.9. The van der Waals surface area contributed by atoms with E-state index >= 15 is 0 Å². The Balaban J connectivity index is 1.78. The van der Waals surface area contributed by atoms with E-state index in [1.165, 1.54) is 37.9 Å². The van der Waals surface area contributed by atoms with Crippen LogP contribution in [0.3, 0.4) is 0 Å². The Morgan fingerprint density at radius 2 is 1.50 bits per heavy atom. The first kappa shape index (κ1) is 8.49. The van der Waals surface area contributed by atoms with Gasteiger partial charge < -0.3 is 5.32 Å². The van der Waals surface area contributed by atoms with Crippen molar-refractivity contribution in [1.29, 1.82) is 0 Å². The monoisotopic (exact) mass is 187 g/mol. The molecular formula is C13H17N. The Labute approximate surface area is 85.5 Å². The molecule has 14 heavy (non-hydrogen) atoms. The van der Waals surface area contributed by atoms with Crippen molar-refractivity contribution in [3.63, 3.8) is 0 Å². The predicted molar refractivity (Wildman–Crippen MR) is 58.6 cm³/mol. The Kier molecular flexibility index (Phi) is 2.06. The topological polar surface area (TPSA) is 12.0 Å². The average Bonchev–Trinajstić information content (AvgIpc) is 2.94. The van der Waals surface area contributed by atoms with Gasteiger partial charge in [0.25, 0.3) is 0 Å². The molecule has 0 spiro atoms. The van der Waals surface area contributed by atoms with E-state index in [-0.39, 0.29) is 0 Å². The molecule has 0 bridgehead atoms. The molecule has 1 aromatic rings. The molecule has 1 unspecified atom stereocenters. The number of hydrogen-bond acceptors (Lipinski definition) is 1. The fourth-order valence-corrected chi connectivity index (χ4v) is 2.40. The van der Waals surface area contributed by atoms with Gasteiger partial charge in [0, 0.05) is 6.54 Å². The van der Waals surface area contributed by atoms with Crippen molar-refractivity contribution in [1.82, 2.24) is 5.32 Å². The number of hydrogen-bond donors (Lipinski definition) is 1. The van der Waals surface area contributed by atoms with Crippen LogP contribution in [0.5, 0.6) is 0 Å². The van der Waals surface area contributed by atoms with Crippen LogP contribution >= 0.6 is 0 Å². The summed E-state index contributed by atoms with van der Waals surface area (Å²) in [4.78, 5) is 0. The molecule has 1 aromatic carbocycles. The standard InChI is InChI=1S/C13H17N/c1-2-10(1)11-3-5-12(6-4-11)13-7-8-14-9-13/h3-6,10,13-14H,1-2,7-9H2. The van der Waals surface area contributed by atoms with Crippen LogP contribution in [0.2, 0.25) is 0 Å². The quantitative estimate of drug-likeness (QED) is 0.750. The molecule has 1 heterocycles. The van der Waals surface area contributed by atoms with Gasteiger partial charge in [-0.3, -0.25) is 0 Å². The molecular weight excluding hydrogens is 170 g/mol. The lowest BCUT2D eigenvalue weighted by Crippen LogP contribution is -2.07. The molecule has 2 fully saturated rings. The Bertz CT molecular complexity index is 305. The SMILES string of the molecule is c1cc(C2CCNC2)ccc1C1CC1. The summed E-state index contributed by atoms with van der Waals surface area (Å²) in [6.07, 6.45) is 4.12. The second-order valence-electron chi connectivity index (χ2n) is 4.63. The van der Waals surface area contributed by atoms with Crippen molar-refractivity contribution < 1.29 is 0 Å². The lowest BCUT2D eigenvalue weighted by Gasteiger charge is -2.09. The minimum atomic E-state index is 0.767. The second kappa shape index (κ2) is 3.39. The summed E-state index contributed by atoms with van der Waals surface area (Å²) in [5.41, 5.74) is 3.08. The summed E-state index contributed by atoms with van der Waals surface area (Å²) in [5, 5.41) is 3.42. The highest BCUT2D eigenvalue weighted by molar-refractivity contribution is 5.30. The van der Waals surface area contributed by atoms with Gasteiger partial charge >= 0.3 is 0 Å². The first-order valence-corrected chi connectivity index (χ1v) is 5.74. The molecule has 1 atom stereocenters. The molecule has 3 rings (SSSR count). The van der Waals surface area contributed by atoms with Crippen LogP contribution in [0.1, 0.15) is 42.2 Å². The highest BCUT2D eigenvalue weighted by Crippen LogP contribution is 2.40. The normalized spacial score (nSPS) is 26.7. The third-order valence-corrected chi connectivity index (χ3v) is 3.52. The number of rotatable bonds is 2. The molecule has 1 heteroatoms. The summed E-state index contributed by atoms with van der Waals surface area (Å²) in [6.45, 7) is 2.36. The lowest BCUT2D eigenvalue weighted by atomic mass is 9.96. The van der Waals surface area contributed by atoms with Crippen LogP contribution in [0.25, 0.3) is 0 Å². The fourth-order valence-electron chi connectivity index (χ4n) is 2.40. The third kappa shape index (κ3) is 1.57. The van der Waals surface area contributed by atoms with E-state index in [4.69, 9.17) is 0 Å². The highest BCUT2D eigenvalue weighted by Gasteiger charge is 2.23. The van der Waals surface area contributed by atoms with Crippen molar-refractivity contribution in [3.8, 4) is 0 Å². The van der Waals surface area contributed by atoms with Gasteiger partial charge in [0.15, 0.2) is 0 Å². The maximum atomic E-state index is 3.42. The molecule has 1 saturated carbocycles. The number of nitrogens with one attached hydrogen (secondary N) is 1. The molecule has 2 aliphatic rings. The lowest BCUT2D eigenvalue weighted by molar-refractivity contribution is 0.763. The minimum absolute atomic E-state index is 0.767. The third-order valence-electron chi connectivity index (χ3n) is 3.52. The summed E-state index contributed by atoms with van der Waals surface area (Å²) in [6, 6.07) is 9.35. The Hall–Kier alpha value is -0.820. The van der Waals surface area contributed by atoms with Gasteiger partial charge in [-0.15, -0.1) is 0 Å². The van der Waals surface area contributed by atoms with Gasteiger partial charge in [0.05, 0.1) is 0 Å². The molecule has 1 nitrogen and oxygen atoms in total. The molecule has 1 saturated heterocycles. The summed E-state index contributed by atoms with van der Waals surface area (Å²) >= 11 is 0. The van der Waals surface area contributed by atoms with Crippen molar-refractivity contribution in [2.24, 2.45) is 0 Å². The van der Waals surface area contributed by atoms with Crippen molar-refractivity contribution in [2.45, 2.75) is 31.1 Å². The van der Waals surface area contributed by atoms with Crippen molar-refractivity contribution in [2.75, 3.05) is 13.1 Å². The summed E-state index contributed by atoms with van der Waals surface area (Å²) < 4.78 is 0. The van der Waals surface area contributed by atoms with E-state index in [1.54, 1.807) is 5.56 Å². The molecule has 1 N–H and O–H groups in total. The minimum Gasteiger partial charge on any atom is -0.316 e. The zero-order valence-corrected chi connectivity index (χ0v) is 8.50. The van der Waals surface area contributed by atoms with Gasteiger partial charge in [-0.1, -0.05) is 24.3 Å². The molecule has 0 aromatic heterocycles. The Morgan fingerprint density at radius 3 is 2.00 bits per heavy atom. The molecule has 1 aliphatic carbocycles. The van der Waals surface area contributed by atoms with Crippen LogP contribution in [0.4, 0.5) is 0 Å². The Morgan fingerprint density at radius 1 is 0.857 bits per heavy atom. The van der Waals surface area contributed by atoms with E-state index < -0.39 is 0 Å². The van der Waals surface area contributed by atoms with Gasteiger partial charge in [-0.2, -0.15) is 0 Å². The molecule has 0 radical (unpaired) electrons. The van der Waals surface area contributed by atoms with Gasteiger partial charge in [0.2, 0.25) is 0 Å². The fraction of sp³-hybridized carbons (Fsp3) is 0.538. The van der Waals surface area contributed by atoms with E-state index in [1.807, 2.05) is 0 Å². The first-order valence-electron chi connectivity index (χ1n) is 5.74. The van der Waals surface area contributed by atoms with Gasteiger partial charge in [0.1, 0.15) is 0 Å². The smallest absolute Gasteiger partial charge is 0.00206 e. The largest absolute Gasteiger partial charge is 0.316 e. The van der Waals surface area contributed by atoms with Gasteiger partial charge in [-0.05, 0) is 48.8 Å². The number of benzene rings is 1. The van der Waals surface area contributed by atoms with Crippen LogP contribution in [0.15, 0.2) is 24.3 Å². The van der Waals surface area contributed by atoms with E-state index in [2.05, 4.69) is 29.6 Å². The molecule has 1 aliphatic heterocycles. The molecule has 74 valence electrons. The predicted octanol–water partition coefficient (Wildman–Crippen LogP) is 2.64. The summed E-state index contributed by atoms with van der Waals surface area (Å²) in [5.74, 6) is 1.66. The maximum Gasteiger partial charge on any atom is 0.00206 e. The second-order valence-corrected chi connectivity index (χ2v) is 4.63. The van der Waals surface area contributed by atoms with E-state index in [0.29, 0.717) is 0 Å². The van der Waals surface area contributed by atoms with E-state index in [0.717, 1.165) is 11.8 Å². The van der Waals surface area contributed by atoms with Crippen LogP contribution in [-0.4, -0.2) is 13.1 Å². The van der Waals surface area contributed by atoms with Gasteiger partial charge in [-0.25, -0.2) is 0 Å². The summed E-state index contributed by atoms with van der Waals surface area (Å²) in [7, 11) is 0. The van der Waals surface area contributed by atoms with E-state index in [9.17, 15) is 0 Å².